The van der Waals surface area contributed by atoms with E-state index in [-0.39, 0.29) is 30.1 Å². The van der Waals surface area contributed by atoms with E-state index in [2.05, 4.69) is 0 Å². The lowest BCUT2D eigenvalue weighted by atomic mass is 9.91. The third kappa shape index (κ3) is 4.12. The molecule has 0 aromatic heterocycles. The van der Waals surface area contributed by atoms with Crippen LogP contribution in [0.3, 0.4) is 0 Å². The van der Waals surface area contributed by atoms with Gasteiger partial charge in [-0.3, -0.25) is 4.79 Å². The Labute approximate surface area is 133 Å². The van der Waals surface area contributed by atoms with Crippen LogP contribution in [0.25, 0.3) is 0 Å². The summed E-state index contributed by atoms with van der Waals surface area (Å²) in [7, 11) is 0. The molecule has 6 heteroatoms. The smallest absolute Gasteiger partial charge is 0.170 e. The van der Waals surface area contributed by atoms with Crippen LogP contribution in [0.2, 0.25) is 0 Å². The minimum Gasteiger partial charge on any atom is -0.508 e. The molecule has 0 amide bonds. The van der Waals surface area contributed by atoms with Gasteiger partial charge in [-0.15, -0.1) is 0 Å². The van der Waals surface area contributed by atoms with Crippen molar-refractivity contribution in [2.75, 3.05) is 0 Å². The number of benzene rings is 1. The quantitative estimate of drug-likeness (QED) is 0.538. The Balaban J connectivity index is 2.19. The molecule has 0 radical (unpaired) electrons. The Morgan fingerprint density at radius 1 is 1.17 bits per heavy atom. The molecule has 124 valence electrons. The van der Waals surface area contributed by atoms with Crippen LogP contribution < -0.4 is 0 Å². The summed E-state index contributed by atoms with van der Waals surface area (Å²) in [6.07, 6.45) is 3.44. The van der Waals surface area contributed by atoms with Crippen LogP contribution in [-0.2, 0) is 0 Å². The fourth-order valence-electron chi connectivity index (χ4n) is 2.60. The summed E-state index contributed by atoms with van der Waals surface area (Å²) in [5.41, 5.74) is 0.452. The van der Waals surface area contributed by atoms with E-state index < -0.39 is 29.5 Å². The van der Waals surface area contributed by atoms with Crippen LogP contribution in [0.5, 0.6) is 17.2 Å². The van der Waals surface area contributed by atoms with Gasteiger partial charge in [0.25, 0.3) is 0 Å². The van der Waals surface area contributed by atoms with Gasteiger partial charge in [0.1, 0.15) is 22.8 Å². The third-order valence-corrected chi connectivity index (χ3v) is 3.80. The summed E-state index contributed by atoms with van der Waals surface area (Å²) in [6.45, 7) is 1.77. The molecule has 3 unspecified atom stereocenters. The number of Topliss-reactive ketones (excluding diaryl/α,β-unsaturated/α-hetero) is 1. The van der Waals surface area contributed by atoms with Gasteiger partial charge in [-0.25, -0.2) is 0 Å². The van der Waals surface area contributed by atoms with Gasteiger partial charge in [0.15, 0.2) is 5.78 Å². The molecule has 0 bridgehead atoms. The average molecular weight is 320 g/mol. The van der Waals surface area contributed by atoms with Crippen molar-refractivity contribution in [1.82, 2.24) is 0 Å². The topological polar surface area (TPSA) is 118 Å². The normalized spacial score (nSPS) is 22.3. The average Bonchev–Trinajstić information content (AvgIpc) is 2.58. The van der Waals surface area contributed by atoms with Crippen LogP contribution >= 0.6 is 0 Å². The number of carbonyl (C=O) groups is 1. The molecule has 6 nitrogen and oxygen atoms in total. The minimum absolute atomic E-state index is 0.00904. The molecule has 0 aliphatic heterocycles. The van der Waals surface area contributed by atoms with Crippen molar-refractivity contribution >= 4 is 5.78 Å². The second-order valence-corrected chi connectivity index (χ2v) is 5.78. The highest BCUT2D eigenvalue weighted by Gasteiger charge is 2.22. The first-order chi connectivity index (χ1) is 10.8. The highest BCUT2D eigenvalue weighted by molar-refractivity contribution is 6.01. The zero-order chi connectivity index (χ0) is 17.1. The zero-order valence-corrected chi connectivity index (χ0v) is 12.7. The fourth-order valence-corrected chi connectivity index (χ4v) is 2.60. The predicted octanol–water partition coefficient (Wildman–Crippen LogP) is 1.62. The summed E-state index contributed by atoms with van der Waals surface area (Å²) in [4.78, 5) is 12.3. The third-order valence-electron chi connectivity index (χ3n) is 3.80. The molecule has 1 aromatic carbocycles. The lowest BCUT2D eigenvalue weighted by Gasteiger charge is -2.14. The summed E-state index contributed by atoms with van der Waals surface area (Å²) >= 11 is 0. The number of rotatable bonds is 4. The standard InChI is InChI=1S/C17H20O6/c1-9(10-2-3-11(18)6-12(19)5-10)4-14(21)17-15(22)7-13(20)8-16(17)23/h2-3,5,7-9,11-12,18-20,22-23H,4,6H2,1H3. The minimum atomic E-state index is -0.803. The van der Waals surface area contributed by atoms with E-state index in [1.807, 2.05) is 0 Å². The maximum absolute atomic E-state index is 12.3. The molecule has 0 fully saturated rings. The number of aliphatic hydroxyl groups excluding tert-OH is 2. The molecule has 1 aliphatic carbocycles. The van der Waals surface area contributed by atoms with Gasteiger partial charge in [-0.1, -0.05) is 25.2 Å². The number of allylic oxidation sites excluding steroid dienone is 2. The van der Waals surface area contributed by atoms with Crippen molar-refractivity contribution in [2.24, 2.45) is 5.92 Å². The van der Waals surface area contributed by atoms with E-state index in [4.69, 9.17) is 0 Å². The molecule has 1 aliphatic rings. The van der Waals surface area contributed by atoms with Gasteiger partial charge >= 0.3 is 0 Å². The highest BCUT2D eigenvalue weighted by Crippen LogP contribution is 2.34. The van der Waals surface area contributed by atoms with Crippen molar-refractivity contribution in [2.45, 2.75) is 32.0 Å². The molecule has 0 saturated heterocycles. The molecule has 2 rings (SSSR count). The number of phenolic OH excluding ortho intramolecular Hbond substituents is 3. The molecule has 1 aromatic rings. The van der Waals surface area contributed by atoms with Gasteiger partial charge in [0, 0.05) is 25.0 Å². The van der Waals surface area contributed by atoms with Crippen LogP contribution in [0.15, 0.2) is 35.9 Å². The van der Waals surface area contributed by atoms with Gasteiger partial charge in [0.2, 0.25) is 0 Å². The molecule has 5 N–H and O–H groups in total. The SMILES string of the molecule is CC(CC(=O)c1c(O)cc(O)cc1O)C1=CC(O)CC(O)C=C1. The van der Waals surface area contributed by atoms with Crippen LogP contribution in [0.1, 0.15) is 30.1 Å². The van der Waals surface area contributed by atoms with Crippen molar-refractivity contribution in [3.63, 3.8) is 0 Å². The largest absolute Gasteiger partial charge is 0.508 e. The molecular weight excluding hydrogens is 300 g/mol. The van der Waals surface area contributed by atoms with E-state index in [1.165, 1.54) is 0 Å². The number of aliphatic hydroxyl groups is 2. The van der Waals surface area contributed by atoms with E-state index in [0.29, 0.717) is 5.57 Å². The number of hydrogen-bond acceptors (Lipinski definition) is 6. The van der Waals surface area contributed by atoms with Gasteiger partial charge in [-0.2, -0.15) is 0 Å². The van der Waals surface area contributed by atoms with Crippen molar-refractivity contribution in [1.29, 1.82) is 0 Å². The van der Waals surface area contributed by atoms with Crippen LogP contribution in [0, 0.1) is 5.92 Å². The van der Waals surface area contributed by atoms with E-state index in [1.54, 1.807) is 25.2 Å². The molecular formula is C17H20O6. The summed E-state index contributed by atoms with van der Waals surface area (Å²) < 4.78 is 0. The number of aromatic hydroxyl groups is 3. The monoisotopic (exact) mass is 320 g/mol. The maximum atomic E-state index is 12.3. The number of hydrogen-bond donors (Lipinski definition) is 5. The highest BCUT2D eigenvalue weighted by atomic mass is 16.3. The number of carbonyl (C=O) groups excluding carboxylic acids is 1. The second-order valence-electron chi connectivity index (χ2n) is 5.78. The number of phenols is 3. The Morgan fingerprint density at radius 2 is 1.78 bits per heavy atom. The lowest BCUT2D eigenvalue weighted by molar-refractivity contribution is 0.0964. The fraction of sp³-hybridized carbons (Fsp3) is 0.353. The van der Waals surface area contributed by atoms with Crippen molar-refractivity contribution < 1.29 is 30.3 Å². The number of ketones is 1. The van der Waals surface area contributed by atoms with Gasteiger partial charge in [-0.05, 0) is 11.5 Å². The lowest BCUT2D eigenvalue weighted by Crippen LogP contribution is -2.13. The van der Waals surface area contributed by atoms with Crippen LogP contribution in [-0.4, -0.2) is 43.5 Å². The molecule has 23 heavy (non-hydrogen) atoms. The van der Waals surface area contributed by atoms with E-state index in [9.17, 15) is 30.3 Å². The first kappa shape index (κ1) is 17.1. The summed E-state index contributed by atoms with van der Waals surface area (Å²) in [5, 5.41) is 48.1. The van der Waals surface area contributed by atoms with Crippen LogP contribution in [0.4, 0.5) is 0 Å². The predicted molar refractivity (Wildman–Crippen MR) is 83.4 cm³/mol. The Bertz CT molecular complexity index is 638. The Hall–Kier alpha value is -2.31. The molecule has 3 atom stereocenters. The second kappa shape index (κ2) is 6.85. The van der Waals surface area contributed by atoms with E-state index >= 15 is 0 Å². The molecule has 0 heterocycles. The van der Waals surface area contributed by atoms with Gasteiger partial charge < -0.3 is 25.5 Å². The first-order valence-electron chi connectivity index (χ1n) is 7.32. The Morgan fingerprint density at radius 3 is 2.39 bits per heavy atom. The molecule has 0 spiro atoms. The Kier molecular flexibility index (Phi) is 5.08. The van der Waals surface area contributed by atoms with Crippen molar-refractivity contribution in [3.05, 3.63) is 41.5 Å². The first-order valence-corrected chi connectivity index (χ1v) is 7.32. The van der Waals surface area contributed by atoms with E-state index in [0.717, 1.165) is 12.1 Å². The van der Waals surface area contributed by atoms with Gasteiger partial charge in [0.05, 0.1) is 12.2 Å². The van der Waals surface area contributed by atoms with Crippen molar-refractivity contribution in [3.8, 4) is 17.2 Å². The molecule has 0 saturated carbocycles. The summed E-state index contributed by atoms with van der Waals surface area (Å²) in [5.74, 6) is -2.08. The maximum Gasteiger partial charge on any atom is 0.170 e. The summed E-state index contributed by atoms with van der Waals surface area (Å²) in [6, 6.07) is 1.98. The zero-order valence-electron chi connectivity index (χ0n) is 12.7.